The zero-order valence-electron chi connectivity index (χ0n) is 16.4. The molecule has 0 aliphatic rings. The van der Waals surface area contributed by atoms with Crippen LogP contribution in [0.15, 0.2) is 24.3 Å². The highest BCUT2D eigenvalue weighted by Crippen LogP contribution is 2.12. The van der Waals surface area contributed by atoms with Gasteiger partial charge in [0.05, 0.1) is 0 Å². The van der Waals surface area contributed by atoms with Crippen LogP contribution in [0.3, 0.4) is 0 Å². The van der Waals surface area contributed by atoms with Crippen molar-refractivity contribution in [2.45, 2.75) is 60.0 Å². The molecule has 0 radical (unpaired) electrons. The summed E-state index contributed by atoms with van der Waals surface area (Å²) in [4.78, 5) is 35.8. The van der Waals surface area contributed by atoms with Gasteiger partial charge in [0.25, 0.3) is 5.91 Å². The maximum Gasteiger partial charge on any atom is 0.251 e. The van der Waals surface area contributed by atoms with Gasteiger partial charge in [0.2, 0.25) is 11.8 Å². The molecule has 0 saturated carbocycles. The van der Waals surface area contributed by atoms with Crippen LogP contribution in [-0.4, -0.2) is 30.3 Å². The Hall–Kier alpha value is -2.37. The lowest BCUT2D eigenvalue weighted by atomic mass is 9.96. The van der Waals surface area contributed by atoms with E-state index in [4.69, 9.17) is 0 Å². The van der Waals surface area contributed by atoms with Gasteiger partial charge in [-0.05, 0) is 31.0 Å². The molecule has 3 N–H and O–H groups in total. The fraction of sp³-hybridized carbons (Fsp3) is 0.550. The Labute approximate surface area is 156 Å². The highest BCUT2D eigenvalue weighted by molar-refractivity contribution is 5.94. The van der Waals surface area contributed by atoms with Crippen LogP contribution in [0.2, 0.25) is 0 Å². The van der Waals surface area contributed by atoms with Gasteiger partial charge >= 0.3 is 0 Å². The molecule has 0 aliphatic carbocycles. The summed E-state index contributed by atoms with van der Waals surface area (Å²) < 4.78 is 0. The van der Waals surface area contributed by atoms with Crippen molar-refractivity contribution < 1.29 is 14.4 Å². The van der Waals surface area contributed by atoms with Crippen molar-refractivity contribution in [3.05, 3.63) is 35.4 Å². The maximum absolute atomic E-state index is 12.2. The molecule has 1 aromatic carbocycles. The number of nitrogens with one attached hydrogen (secondary N) is 3. The molecule has 1 unspecified atom stereocenters. The first-order valence-electron chi connectivity index (χ1n) is 9.08. The van der Waals surface area contributed by atoms with E-state index in [0.717, 1.165) is 12.0 Å². The third-order valence-electron chi connectivity index (χ3n) is 3.99. The highest BCUT2D eigenvalue weighted by atomic mass is 16.2. The summed E-state index contributed by atoms with van der Waals surface area (Å²) in [7, 11) is 0. The third-order valence-corrected chi connectivity index (χ3v) is 3.99. The Morgan fingerprint density at radius 3 is 2.42 bits per heavy atom. The van der Waals surface area contributed by atoms with Crippen molar-refractivity contribution in [3.8, 4) is 0 Å². The summed E-state index contributed by atoms with van der Waals surface area (Å²) in [5.74, 6) is -0.337. The van der Waals surface area contributed by atoms with Crippen molar-refractivity contribution in [1.82, 2.24) is 16.0 Å². The zero-order valence-corrected chi connectivity index (χ0v) is 16.4. The van der Waals surface area contributed by atoms with Gasteiger partial charge in [-0.2, -0.15) is 0 Å². The Balaban J connectivity index is 2.45. The van der Waals surface area contributed by atoms with Gasteiger partial charge in [0.1, 0.15) is 0 Å². The zero-order chi connectivity index (χ0) is 19.7. The topological polar surface area (TPSA) is 87.3 Å². The summed E-state index contributed by atoms with van der Waals surface area (Å²) in [6, 6.07) is 7.32. The first-order valence-corrected chi connectivity index (χ1v) is 9.08. The standard InChI is InChI=1S/C20H31N3O3/c1-6-14(2)23-18(25)16-9-7-8-15(12-16)13-22-17(24)10-11-21-19(26)20(3,4)5/h7-9,12,14H,6,10-11,13H2,1-5H3,(H,21,26)(H,22,24)(H,23,25). The van der Waals surface area contributed by atoms with E-state index >= 15 is 0 Å². The molecule has 1 aromatic rings. The molecule has 6 nitrogen and oxygen atoms in total. The van der Waals surface area contributed by atoms with Crippen LogP contribution in [0, 0.1) is 5.41 Å². The molecule has 0 bridgehead atoms. The summed E-state index contributed by atoms with van der Waals surface area (Å²) in [5, 5.41) is 8.48. The van der Waals surface area contributed by atoms with Crippen molar-refractivity contribution in [2.24, 2.45) is 5.41 Å². The maximum atomic E-state index is 12.2. The average Bonchev–Trinajstić information content (AvgIpc) is 2.59. The lowest BCUT2D eigenvalue weighted by molar-refractivity contribution is -0.128. The van der Waals surface area contributed by atoms with Crippen LogP contribution in [0.25, 0.3) is 0 Å². The van der Waals surface area contributed by atoms with Crippen molar-refractivity contribution in [3.63, 3.8) is 0 Å². The molecular formula is C20H31N3O3. The summed E-state index contributed by atoms with van der Waals surface area (Å²) in [6.45, 7) is 10.1. The van der Waals surface area contributed by atoms with E-state index in [1.165, 1.54) is 0 Å². The second-order valence-electron chi connectivity index (χ2n) is 7.52. The second-order valence-corrected chi connectivity index (χ2v) is 7.52. The van der Waals surface area contributed by atoms with E-state index in [9.17, 15) is 14.4 Å². The van der Waals surface area contributed by atoms with Crippen LogP contribution in [-0.2, 0) is 16.1 Å². The number of rotatable bonds is 8. The molecule has 144 valence electrons. The summed E-state index contributed by atoms with van der Waals surface area (Å²) in [5.41, 5.74) is 0.968. The minimum Gasteiger partial charge on any atom is -0.355 e. The van der Waals surface area contributed by atoms with Crippen LogP contribution in [0.4, 0.5) is 0 Å². The molecule has 0 heterocycles. The summed E-state index contributed by atoms with van der Waals surface area (Å²) in [6.07, 6.45) is 1.09. The SMILES string of the molecule is CCC(C)NC(=O)c1cccc(CNC(=O)CCNC(=O)C(C)(C)C)c1. The summed E-state index contributed by atoms with van der Waals surface area (Å²) >= 11 is 0. The van der Waals surface area contributed by atoms with E-state index in [-0.39, 0.29) is 30.2 Å². The van der Waals surface area contributed by atoms with E-state index < -0.39 is 5.41 Å². The molecule has 0 fully saturated rings. The third kappa shape index (κ3) is 7.68. The fourth-order valence-corrected chi connectivity index (χ4v) is 2.08. The Morgan fingerprint density at radius 1 is 1.12 bits per heavy atom. The quantitative estimate of drug-likeness (QED) is 0.664. The lowest BCUT2D eigenvalue weighted by Gasteiger charge is -2.17. The molecule has 26 heavy (non-hydrogen) atoms. The molecule has 0 aliphatic heterocycles. The predicted molar refractivity (Wildman–Crippen MR) is 103 cm³/mol. The Kier molecular flexibility index (Phi) is 8.29. The average molecular weight is 361 g/mol. The van der Waals surface area contributed by atoms with Crippen molar-refractivity contribution in [2.75, 3.05) is 6.54 Å². The molecule has 3 amide bonds. The molecule has 0 spiro atoms. The van der Waals surface area contributed by atoms with E-state index in [1.807, 2.05) is 40.7 Å². The van der Waals surface area contributed by atoms with Crippen molar-refractivity contribution in [1.29, 1.82) is 0 Å². The monoisotopic (exact) mass is 361 g/mol. The molecule has 0 saturated heterocycles. The van der Waals surface area contributed by atoms with E-state index in [2.05, 4.69) is 16.0 Å². The van der Waals surface area contributed by atoms with Crippen molar-refractivity contribution >= 4 is 17.7 Å². The lowest BCUT2D eigenvalue weighted by Crippen LogP contribution is -2.37. The minimum atomic E-state index is -0.466. The van der Waals surface area contributed by atoms with E-state index in [1.54, 1.807) is 18.2 Å². The first-order chi connectivity index (χ1) is 12.1. The van der Waals surface area contributed by atoms with Crippen LogP contribution in [0.5, 0.6) is 0 Å². The van der Waals surface area contributed by atoms with Gasteiger partial charge < -0.3 is 16.0 Å². The van der Waals surface area contributed by atoms with Crippen LogP contribution in [0.1, 0.15) is 63.4 Å². The number of amides is 3. The number of hydrogen-bond donors (Lipinski definition) is 3. The van der Waals surface area contributed by atoms with Gasteiger partial charge in [0.15, 0.2) is 0 Å². The Bertz CT molecular complexity index is 635. The number of benzene rings is 1. The number of carbonyl (C=O) groups is 3. The highest BCUT2D eigenvalue weighted by Gasteiger charge is 2.20. The largest absolute Gasteiger partial charge is 0.355 e. The van der Waals surface area contributed by atoms with Crippen LogP contribution >= 0.6 is 0 Å². The Morgan fingerprint density at radius 2 is 1.81 bits per heavy atom. The minimum absolute atomic E-state index is 0.0784. The molecule has 0 aromatic heterocycles. The molecule has 6 heteroatoms. The smallest absolute Gasteiger partial charge is 0.251 e. The fourth-order valence-electron chi connectivity index (χ4n) is 2.08. The number of hydrogen-bond acceptors (Lipinski definition) is 3. The molecule has 1 rings (SSSR count). The van der Waals surface area contributed by atoms with Crippen LogP contribution < -0.4 is 16.0 Å². The second kappa shape index (κ2) is 9.94. The van der Waals surface area contributed by atoms with Gasteiger partial charge in [0, 0.05) is 36.5 Å². The normalized spacial score (nSPS) is 12.2. The van der Waals surface area contributed by atoms with E-state index in [0.29, 0.717) is 18.7 Å². The molecular weight excluding hydrogens is 330 g/mol. The van der Waals surface area contributed by atoms with Gasteiger partial charge in [-0.1, -0.05) is 39.8 Å². The number of carbonyl (C=O) groups excluding carboxylic acids is 3. The predicted octanol–water partition coefficient (Wildman–Crippen LogP) is 2.38. The molecule has 1 atom stereocenters. The van der Waals surface area contributed by atoms with Gasteiger partial charge in [-0.15, -0.1) is 0 Å². The first kappa shape index (κ1) is 21.7. The van der Waals surface area contributed by atoms with Gasteiger partial charge in [-0.3, -0.25) is 14.4 Å². The van der Waals surface area contributed by atoms with Gasteiger partial charge in [-0.25, -0.2) is 0 Å².